The van der Waals surface area contributed by atoms with Crippen LogP contribution in [0.25, 0.3) is 0 Å². The number of nitrogens with zero attached hydrogens (tertiary/aromatic N) is 1. The van der Waals surface area contributed by atoms with Gasteiger partial charge in [0.15, 0.2) is 12.6 Å². The fourth-order valence-electron chi connectivity index (χ4n) is 2.04. The van der Waals surface area contributed by atoms with E-state index in [9.17, 15) is 4.79 Å². The van der Waals surface area contributed by atoms with Gasteiger partial charge in [-0.05, 0) is 44.4 Å². The summed E-state index contributed by atoms with van der Waals surface area (Å²) in [5, 5.41) is 9.34. The molecule has 0 spiro atoms. The minimum atomic E-state index is -0.112. The molecule has 134 valence electrons. The van der Waals surface area contributed by atoms with Crippen molar-refractivity contribution in [1.82, 2.24) is 16.0 Å². The quantitative estimate of drug-likeness (QED) is 0.325. The fraction of sp³-hybridized carbons (Fsp3) is 0.529. The first-order valence-corrected chi connectivity index (χ1v) is 8.24. The van der Waals surface area contributed by atoms with Crippen LogP contribution in [0.2, 0.25) is 0 Å². The Kier molecular flexibility index (Phi) is 9.51. The molecule has 0 atom stereocenters. The topological polar surface area (TPSA) is 74.8 Å². The average Bonchev–Trinajstić information content (AvgIpc) is 3.36. The van der Waals surface area contributed by atoms with E-state index in [1.807, 2.05) is 31.2 Å². The highest BCUT2D eigenvalue weighted by Gasteiger charge is 2.21. The van der Waals surface area contributed by atoms with Gasteiger partial charge in [-0.2, -0.15) is 0 Å². The number of aliphatic imine (C=N–C) groups is 1. The third kappa shape index (κ3) is 7.85. The van der Waals surface area contributed by atoms with Crippen molar-refractivity contribution in [3.05, 3.63) is 29.8 Å². The van der Waals surface area contributed by atoms with Crippen LogP contribution < -0.4 is 20.7 Å². The number of carbonyl (C=O) groups excluding carboxylic acids is 1. The van der Waals surface area contributed by atoms with E-state index in [1.165, 1.54) is 12.8 Å². The first-order chi connectivity index (χ1) is 11.2. The van der Waals surface area contributed by atoms with Gasteiger partial charge in [-0.1, -0.05) is 12.1 Å². The standard InChI is InChI=1S/C17H26N4O2.HI/c1-3-18-16(22)12-23-15-7-5-6-13(10-15)11-20-17(19-4-2)21-14-8-9-14;/h5-7,10,14H,3-4,8-9,11-12H2,1-2H3,(H,18,22)(H2,19,20,21);1H. The van der Waals surface area contributed by atoms with E-state index in [0.29, 0.717) is 24.9 Å². The van der Waals surface area contributed by atoms with Crippen LogP contribution in [0.4, 0.5) is 0 Å². The van der Waals surface area contributed by atoms with Crippen LogP contribution in [0, 0.1) is 0 Å². The largest absolute Gasteiger partial charge is 0.484 e. The molecule has 1 aromatic rings. The summed E-state index contributed by atoms with van der Waals surface area (Å²) in [6.07, 6.45) is 2.43. The smallest absolute Gasteiger partial charge is 0.257 e. The average molecular weight is 446 g/mol. The summed E-state index contributed by atoms with van der Waals surface area (Å²) in [6.45, 7) is 5.99. The molecule has 0 bridgehead atoms. The van der Waals surface area contributed by atoms with E-state index in [-0.39, 0.29) is 36.5 Å². The third-order valence-electron chi connectivity index (χ3n) is 3.32. The minimum absolute atomic E-state index is 0. The van der Waals surface area contributed by atoms with Crippen LogP contribution in [0.5, 0.6) is 5.75 Å². The van der Waals surface area contributed by atoms with E-state index < -0.39 is 0 Å². The Balaban J connectivity index is 0.00000288. The zero-order valence-corrected chi connectivity index (χ0v) is 16.6. The molecule has 1 fully saturated rings. The van der Waals surface area contributed by atoms with E-state index >= 15 is 0 Å². The predicted molar refractivity (Wildman–Crippen MR) is 107 cm³/mol. The molecule has 1 aliphatic rings. The molecular weight excluding hydrogens is 419 g/mol. The molecule has 0 heterocycles. The third-order valence-corrected chi connectivity index (χ3v) is 3.32. The van der Waals surface area contributed by atoms with Gasteiger partial charge in [-0.15, -0.1) is 24.0 Å². The molecule has 0 aromatic heterocycles. The van der Waals surface area contributed by atoms with Gasteiger partial charge in [-0.3, -0.25) is 4.79 Å². The summed E-state index contributed by atoms with van der Waals surface area (Å²) in [4.78, 5) is 16.0. The van der Waals surface area contributed by atoms with Gasteiger partial charge in [0.05, 0.1) is 6.54 Å². The highest BCUT2D eigenvalue weighted by molar-refractivity contribution is 14.0. The number of carbonyl (C=O) groups is 1. The van der Waals surface area contributed by atoms with Crippen molar-refractivity contribution in [2.45, 2.75) is 39.3 Å². The van der Waals surface area contributed by atoms with E-state index in [4.69, 9.17) is 4.74 Å². The summed E-state index contributed by atoms with van der Waals surface area (Å²) in [5.41, 5.74) is 1.05. The Bertz CT molecular complexity index is 547. The summed E-state index contributed by atoms with van der Waals surface area (Å²) in [6, 6.07) is 8.26. The second-order valence-corrected chi connectivity index (χ2v) is 5.50. The maximum atomic E-state index is 11.4. The Morgan fingerprint density at radius 3 is 2.67 bits per heavy atom. The lowest BCUT2D eigenvalue weighted by atomic mass is 10.2. The second-order valence-electron chi connectivity index (χ2n) is 5.50. The van der Waals surface area contributed by atoms with Crippen molar-refractivity contribution < 1.29 is 9.53 Å². The van der Waals surface area contributed by atoms with Crippen LogP contribution in [-0.2, 0) is 11.3 Å². The fourth-order valence-corrected chi connectivity index (χ4v) is 2.04. The summed E-state index contributed by atoms with van der Waals surface area (Å²) in [7, 11) is 0. The number of halogens is 1. The van der Waals surface area contributed by atoms with Crippen LogP contribution in [0.3, 0.4) is 0 Å². The molecule has 2 rings (SSSR count). The summed E-state index contributed by atoms with van der Waals surface area (Å²) >= 11 is 0. The van der Waals surface area contributed by atoms with Crippen molar-refractivity contribution >= 4 is 35.8 Å². The monoisotopic (exact) mass is 446 g/mol. The molecule has 3 N–H and O–H groups in total. The zero-order valence-electron chi connectivity index (χ0n) is 14.3. The van der Waals surface area contributed by atoms with Crippen molar-refractivity contribution in [2.75, 3.05) is 19.7 Å². The van der Waals surface area contributed by atoms with Gasteiger partial charge >= 0.3 is 0 Å². The van der Waals surface area contributed by atoms with E-state index in [2.05, 4.69) is 27.9 Å². The molecule has 1 amide bonds. The van der Waals surface area contributed by atoms with Crippen molar-refractivity contribution in [1.29, 1.82) is 0 Å². The normalized spacial score (nSPS) is 13.7. The van der Waals surface area contributed by atoms with Crippen molar-refractivity contribution in [3.63, 3.8) is 0 Å². The Labute approximate surface area is 160 Å². The lowest BCUT2D eigenvalue weighted by Crippen LogP contribution is -2.38. The number of hydrogen-bond donors (Lipinski definition) is 3. The lowest BCUT2D eigenvalue weighted by Gasteiger charge is -2.10. The highest BCUT2D eigenvalue weighted by Crippen LogP contribution is 2.18. The van der Waals surface area contributed by atoms with Gasteiger partial charge in [0.25, 0.3) is 5.91 Å². The van der Waals surface area contributed by atoms with Crippen LogP contribution in [0.1, 0.15) is 32.3 Å². The van der Waals surface area contributed by atoms with Crippen LogP contribution in [0.15, 0.2) is 29.3 Å². The molecule has 1 saturated carbocycles. The Hall–Kier alpha value is -1.51. The van der Waals surface area contributed by atoms with Gasteiger partial charge < -0.3 is 20.7 Å². The highest BCUT2D eigenvalue weighted by atomic mass is 127. The number of rotatable bonds is 8. The van der Waals surface area contributed by atoms with Gasteiger partial charge in [0.2, 0.25) is 0 Å². The Morgan fingerprint density at radius 2 is 2.00 bits per heavy atom. The number of guanidine groups is 1. The minimum Gasteiger partial charge on any atom is -0.484 e. The number of hydrogen-bond acceptors (Lipinski definition) is 3. The molecule has 1 aromatic carbocycles. The molecule has 6 nitrogen and oxygen atoms in total. The SMILES string of the molecule is CCNC(=O)COc1cccc(CN=C(NCC)NC2CC2)c1.I. The van der Waals surface area contributed by atoms with Gasteiger partial charge in [-0.25, -0.2) is 4.99 Å². The van der Waals surface area contributed by atoms with Gasteiger partial charge in [0.1, 0.15) is 5.75 Å². The molecule has 0 aliphatic heterocycles. The predicted octanol–water partition coefficient (Wildman–Crippen LogP) is 2.04. The van der Waals surface area contributed by atoms with E-state index in [0.717, 1.165) is 18.1 Å². The molecule has 24 heavy (non-hydrogen) atoms. The van der Waals surface area contributed by atoms with Crippen LogP contribution in [-0.4, -0.2) is 37.6 Å². The first-order valence-electron chi connectivity index (χ1n) is 8.24. The molecule has 0 unspecified atom stereocenters. The molecule has 7 heteroatoms. The van der Waals surface area contributed by atoms with Crippen molar-refractivity contribution in [2.24, 2.45) is 4.99 Å². The van der Waals surface area contributed by atoms with E-state index in [1.54, 1.807) is 0 Å². The summed E-state index contributed by atoms with van der Waals surface area (Å²) in [5.74, 6) is 1.42. The summed E-state index contributed by atoms with van der Waals surface area (Å²) < 4.78 is 5.50. The first kappa shape index (κ1) is 20.5. The number of amides is 1. The molecule has 1 aliphatic carbocycles. The lowest BCUT2D eigenvalue weighted by molar-refractivity contribution is -0.122. The number of ether oxygens (including phenoxy) is 1. The molecule has 0 radical (unpaired) electrons. The Morgan fingerprint density at radius 1 is 1.25 bits per heavy atom. The second kappa shape index (κ2) is 11.1. The van der Waals surface area contributed by atoms with Crippen molar-refractivity contribution in [3.8, 4) is 5.75 Å². The number of nitrogens with one attached hydrogen (secondary N) is 3. The maximum Gasteiger partial charge on any atom is 0.257 e. The zero-order chi connectivity index (χ0) is 16.5. The maximum absolute atomic E-state index is 11.4. The van der Waals surface area contributed by atoms with Gasteiger partial charge in [0, 0.05) is 19.1 Å². The number of likely N-dealkylation sites (N-methyl/N-ethyl adjacent to an activating group) is 1. The number of benzene rings is 1. The molecule has 0 saturated heterocycles. The van der Waals surface area contributed by atoms with Crippen LogP contribution >= 0.6 is 24.0 Å². The molecular formula is C17H27IN4O2.